The van der Waals surface area contributed by atoms with E-state index in [-0.39, 0.29) is 0 Å². The predicted molar refractivity (Wildman–Crippen MR) is 103 cm³/mol. The summed E-state index contributed by atoms with van der Waals surface area (Å²) in [6, 6.07) is 21.5. The number of hydrogen-bond donors (Lipinski definition) is 1. The van der Waals surface area contributed by atoms with E-state index in [0.717, 1.165) is 0 Å². The van der Waals surface area contributed by atoms with Gasteiger partial charge in [0.15, 0.2) is 14.8 Å². The average molecular weight is 350 g/mol. The van der Waals surface area contributed by atoms with Gasteiger partial charge in [0.25, 0.3) is 0 Å². The Morgan fingerprint density at radius 3 is 1.29 bits per heavy atom. The van der Waals surface area contributed by atoms with Crippen LogP contribution in [-0.4, -0.2) is 14.8 Å². The summed E-state index contributed by atoms with van der Waals surface area (Å²) in [5.41, 5.74) is 0. The third-order valence-corrected chi connectivity index (χ3v) is 16.0. The standard InChI is InChI=1S/C16H23NS2Si2/c1-20(2,18-15-11-7-5-8-12-15)17-21(3,4)19-16-13-9-6-10-14-16/h5-14,17H,1-4H3. The van der Waals surface area contributed by atoms with Gasteiger partial charge in [0, 0.05) is 9.79 Å². The molecule has 21 heavy (non-hydrogen) atoms. The van der Waals surface area contributed by atoms with Gasteiger partial charge in [-0.1, -0.05) is 36.4 Å². The lowest BCUT2D eigenvalue weighted by molar-refractivity contribution is 1.39. The molecule has 0 saturated carbocycles. The molecule has 0 unspecified atom stereocenters. The van der Waals surface area contributed by atoms with Crippen LogP contribution in [0.5, 0.6) is 0 Å². The van der Waals surface area contributed by atoms with Crippen molar-refractivity contribution >= 4 is 37.2 Å². The van der Waals surface area contributed by atoms with Crippen molar-refractivity contribution in [3.05, 3.63) is 60.7 Å². The van der Waals surface area contributed by atoms with E-state index in [2.05, 4.69) is 91.5 Å². The minimum atomic E-state index is -1.53. The average Bonchev–Trinajstić information content (AvgIpc) is 2.38. The molecule has 0 aliphatic carbocycles. The van der Waals surface area contributed by atoms with Crippen LogP contribution in [0.2, 0.25) is 26.2 Å². The lowest BCUT2D eigenvalue weighted by Crippen LogP contribution is -2.55. The maximum Gasteiger partial charge on any atom is 0.182 e. The third kappa shape index (κ3) is 6.04. The molecule has 0 spiro atoms. The highest BCUT2D eigenvalue weighted by Crippen LogP contribution is 2.33. The van der Waals surface area contributed by atoms with Crippen molar-refractivity contribution in [3.63, 3.8) is 0 Å². The first kappa shape index (κ1) is 16.9. The van der Waals surface area contributed by atoms with E-state index in [1.807, 2.05) is 22.4 Å². The number of benzene rings is 2. The quantitative estimate of drug-likeness (QED) is 0.685. The van der Waals surface area contributed by atoms with Gasteiger partial charge < -0.3 is 4.65 Å². The highest BCUT2D eigenvalue weighted by molar-refractivity contribution is 8.31. The fourth-order valence-electron chi connectivity index (χ4n) is 2.34. The van der Waals surface area contributed by atoms with Crippen molar-refractivity contribution in [3.8, 4) is 0 Å². The van der Waals surface area contributed by atoms with Crippen molar-refractivity contribution in [2.24, 2.45) is 0 Å². The molecule has 1 nitrogen and oxygen atoms in total. The van der Waals surface area contributed by atoms with Crippen LogP contribution < -0.4 is 4.65 Å². The Morgan fingerprint density at radius 1 is 0.619 bits per heavy atom. The van der Waals surface area contributed by atoms with Gasteiger partial charge in [-0.05, 0) is 50.5 Å². The minimum absolute atomic E-state index is 1.37. The van der Waals surface area contributed by atoms with Gasteiger partial charge in [-0.15, -0.1) is 22.4 Å². The summed E-state index contributed by atoms with van der Waals surface area (Å²) in [5, 5.41) is 0. The number of rotatable bonds is 6. The molecule has 0 heterocycles. The van der Waals surface area contributed by atoms with Gasteiger partial charge in [-0.3, -0.25) is 0 Å². The molecular weight excluding hydrogens is 326 g/mol. The smallest absolute Gasteiger partial charge is 0.182 e. The molecule has 0 amide bonds. The molecule has 0 aliphatic heterocycles. The van der Waals surface area contributed by atoms with Crippen LogP contribution in [0, 0.1) is 0 Å². The fourth-order valence-corrected chi connectivity index (χ4v) is 20.8. The van der Waals surface area contributed by atoms with Crippen LogP contribution >= 0.6 is 22.4 Å². The monoisotopic (exact) mass is 349 g/mol. The first-order chi connectivity index (χ1) is 9.86. The van der Waals surface area contributed by atoms with Crippen LogP contribution in [0.4, 0.5) is 0 Å². The SMILES string of the molecule is C[Si](C)(N[Si](C)(C)Sc1ccccc1)Sc1ccccc1. The molecule has 2 aromatic carbocycles. The maximum absolute atomic E-state index is 4.03. The summed E-state index contributed by atoms with van der Waals surface area (Å²) in [6.45, 7) is 9.63. The molecule has 112 valence electrons. The second-order valence-corrected chi connectivity index (χ2v) is 21.7. The van der Waals surface area contributed by atoms with Crippen molar-refractivity contribution in [1.29, 1.82) is 0 Å². The first-order valence-corrected chi connectivity index (χ1v) is 16.2. The van der Waals surface area contributed by atoms with E-state index in [0.29, 0.717) is 0 Å². The van der Waals surface area contributed by atoms with Crippen molar-refractivity contribution in [1.82, 2.24) is 4.65 Å². The predicted octanol–water partition coefficient (Wildman–Crippen LogP) is 5.56. The molecule has 0 saturated heterocycles. The highest BCUT2D eigenvalue weighted by atomic mass is 32.4. The fraction of sp³-hybridized carbons (Fsp3) is 0.250. The van der Waals surface area contributed by atoms with Gasteiger partial charge in [-0.25, -0.2) is 0 Å². The Balaban J connectivity index is 2.01. The van der Waals surface area contributed by atoms with E-state index in [9.17, 15) is 0 Å². The van der Waals surface area contributed by atoms with Gasteiger partial charge in [0.1, 0.15) is 0 Å². The molecule has 0 aliphatic rings. The summed E-state index contributed by atoms with van der Waals surface area (Å²) in [5.74, 6) is 0. The Bertz CT molecular complexity index is 508. The molecule has 0 atom stereocenters. The van der Waals surface area contributed by atoms with Crippen LogP contribution in [0.1, 0.15) is 0 Å². The van der Waals surface area contributed by atoms with Gasteiger partial charge in [0.2, 0.25) is 0 Å². The molecule has 5 heteroatoms. The Labute approximate surface area is 138 Å². The molecule has 0 radical (unpaired) electrons. The first-order valence-electron chi connectivity index (χ1n) is 7.14. The Morgan fingerprint density at radius 2 is 0.952 bits per heavy atom. The number of nitrogens with one attached hydrogen (secondary N) is 1. The minimum Gasteiger partial charge on any atom is -0.343 e. The summed E-state index contributed by atoms with van der Waals surface area (Å²) in [7, 11) is -3.05. The Hall–Kier alpha value is -0.466. The number of hydrogen-bond acceptors (Lipinski definition) is 3. The zero-order chi connectivity index (χ0) is 15.3. The van der Waals surface area contributed by atoms with Crippen LogP contribution in [-0.2, 0) is 0 Å². The molecule has 0 aromatic heterocycles. The zero-order valence-electron chi connectivity index (χ0n) is 13.1. The molecule has 2 rings (SSSR count). The highest BCUT2D eigenvalue weighted by Gasteiger charge is 2.33. The lowest BCUT2D eigenvalue weighted by Gasteiger charge is -2.33. The van der Waals surface area contributed by atoms with E-state index in [1.54, 1.807) is 0 Å². The molecule has 0 bridgehead atoms. The van der Waals surface area contributed by atoms with Crippen molar-refractivity contribution < 1.29 is 0 Å². The lowest BCUT2D eigenvalue weighted by atomic mass is 10.4. The summed E-state index contributed by atoms with van der Waals surface area (Å²) in [4.78, 5) is 2.74. The Kier molecular flexibility index (Phi) is 5.79. The van der Waals surface area contributed by atoms with Crippen LogP contribution in [0.25, 0.3) is 0 Å². The zero-order valence-corrected chi connectivity index (χ0v) is 16.7. The van der Waals surface area contributed by atoms with E-state index in [4.69, 9.17) is 0 Å². The van der Waals surface area contributed by atoms with Crippen molar-refractivity contribution in [2.45, 2.75) is 36.0 Å². The third-order valence-electron chi connectivity index (χ3n) is 2.83. The maximum atomic E-state index is 4.03. The second-order valence-electron chi connectivity index (χ2n) is 5.98. The van der Waals surface area contributed by atoms with E-state index in [1.165, 1.54) is 9.79 Å². The summed E-state index contributed by atoms with van der Waals surface area (Å²) in [6.07, 6.45) is 0. The largest absolute Gasteiger partial charge is 0.343 e. The topological polar surface area (TPSA) is 12.0 Å². The molecular formula is C16H23NS2Si2. The molecule has 0 fully saturated rings. The van der Waals surface area contributed by atoms with Gasteiger partial charge >= 0.3 is 0 Å². The van der Waals surface area contributed by atoms with E-state index >= 15 is 0 Å². The van der Waals surface area contributed by atoms with Gasteiger partial charge in [0.05, 0.1) is 0 Å². The summed E-state index contributed by atoms with van der Waals surface area (Å²) < 4.78 is 4.03. The molecule has 1 N–H and O–H groups in total. The summed E-state index contributed by atoms with van der Waals surface area (Å²) >= 11 is 4.06. The van der Waals surface area contributed by atoms with Crippen LogP contribution in [0.3, 0.4) is 0 Å². The van der Waals surface area contributed by atoms with Gasteiger partial charge in [-0.2, -0.15) is 0 Å². The van der Waals surface area contributed by atoms with Crippen LogP contribution in [0.15, 0.2) is 70.5 Å². The normalized spacial score (nSPS) is 12.4. The molecule has 2 aromatic rings. The second kappa shape index (κ2) is 7.20. The van der Waals surface area contributed by atoms with Crippen molar-refractivity contribution in [2.75, 3.05) is 0 Å². The van der Waals surface area contributed by atoms with E-state index < -0.39 is 14.8 Å².